The van der Waals surface area contributed by atoms with Gasteiger partial charge in [-0.3, -0.25) is 0 Å². The van der Waals surface area contributed by atoms with Crippen molar-refractivity contribution >= 4 is 5.69 Å². The number of hydrogen-bond donors (Lipinski definition) is 1. The average Bonchev–Trinajstić information content (AvgIpc) is 3.62. The summed E-state index contributed by atoms with van der Waals surface area (Å²) in [6.45, 7) is 8.47. The minimum absolute atomic E-state index is 0.226. The van der Waals surface area contributed by atoms with E-state index in [0.717, 1.165) is 60.9 Å². The molecule has 1 saturated heterocycles. The van der Waals surface area contributed by atoms with Crippen molar-refractivity contribution in [2.45, 2.75) is 39.3 Å². The molecule has 2 aromatic heterocycles. The molecule has 0 unspecified atom stereocenters. The van der Waals surface area contributed by atoms with E-state index in [9.17, 15) is 4.39 Å². The molecule has 2 atom stereocenters. The summed E-state index contributed by atoms with van der Waals surface area (Å²) < 4.78 is 17.6. The molecule has 1 fully saturated rings. The SMILES string of the molecule is CC[C@@H](C)NC[C@H]1CCN(c2ccc3c(c2)Cn2cc(-c4ccc(F)cc4)cc2-c2ncnn2-3)C1. The summed E-state index contributed by atoms with van der Waals surface area (Å²) in [5, 5.41) is 8.23. The second-order valence-electron chi connectivity index (χ2n) is 9.88. The van der Waals surface area contributed by atoms with E-state index in [4.69, 9.17) is 0 Å². The zero-order valence-electron chi connectivity index (χ0n) is 20.3. The van der Waals surface area contributed by atoms with Gasteiger partial charge in [-0.05, 0) is 79.8 Å². The van der Waals surface area contributed by atoms with Crippen molar-refractivity contribution in [3.63, 3.8) is 0 Å². The number of halogens is 1. The van der Waals surface area contributed by atoms with Crippen LogP contribution in [0.2, 0.25) is 0 Å². The number of benzene rings is 2. The van der Waals surface area contributed by atoms with Crippen molar-refractivity contribution in [2.75, 3.05) is 24.5 Å². The molecule has 0 radical (unpaired) electrons. The summed E-state index contributed by atoms with van der Waals surface area (Å²) in [6, 6.07) is 16.1. The summed E-state index contributed by atoms with van der Waals surface area (Å²) in [4.78, 5) is 7.09. The van der Waals surface area contributed by atoms with Gasteiger partial charge in [0.15, 0.2) is 5.82 Å². The molecule has 180 valence electrons. The van der Waals surface area contributed by atoms with Crippen LogP contribution in [-0.4, -0.2) is 45.0 Å². The smallest absolute Gasteiger partial charge is 0.179 e. The molecule has 0 aliphatic carbocycles. The van der Waals surface area contributed by atoms with Gasteiger partial charge in [-0.15, -0.1) is 0 Å². The predicted molar refractivity (Wildman–Crippen MR) is 137 cm³/mol. The van der Waals surface area contributed by atoms with Crippen molar-refractivity contribution in [3.05, 3.63) is 72.4 Å². The van der Waals surface area contributed by atoms with Gasteiger partial charge >= 0.3 is 0 Å². The maximum absolute atomic E-state index is 13.5. The van der Waals surface area contributed by atoms with Crippen LogP contribution in [0.25, 0.3) is 28.3 Å². The molecule has 4 aromatic rings. The molecule has 35 heavy (non-hydrogen) atoms. The number of anilines is 1. The van der Waals surface area contributed by atoms with Gasteiger partial charge in [0, 0.05) is 43.1 Å². The Labute approximate surface area is 205 Å². The lowest BCUT2D eigenvalue weighted by atomic mass is 10.1. The molecule has 7 heteroatoms. The normalized spacial score (nSPS) is 17.6. The summed E-state index contributed by atoms with van der Waals surface area (Å²) in [6.07, 6.45) is 6.13. The van der Waals surface area contributed by atoms with Gasteiger partial charge in [0.05, 0.1) is 11.4 Å². The molecular weight excluding hydrogens is 439 g/mol. The van der Waals surface area contributed by atoms with Gasteiger partial charge in [0.2, 0.25) is 0 Å². The van der Waals surface area contributed by atoms with E-state index < -0.39 is 0 Å². The first kappa shape index (κ1) is 22.0. The van der Waals surface area contributed by atoms with Crippen molar-refractivity contribution < 1.29 is 4.39 Å². The Morgan fingerprint density at radius 3 is 2.80 bits per heavy atom. The Hall–Kier alpha value is -3.45. The maximum Gasteiger partial charge on any atom is 0.179 e. The van der Waals surface area contributed by atoms with Crippen molar-refractivity contribution in [1.82, 2.24) is 24.6 Å². The Morgan fingerprint density at radius 2 is 1.97 bits per heavy atom. The van der Waals surface area contributed by atoms with Crippen LogP contribution in [0, 0.1) is 11.7 Å². The number of rotatable bonds is 6. The first-order valence-electron chi connectivity index (χ1n) is 12.6. The van der Waals surface area contributed by atoms with Gasteiger partial charge in [0.1, 0.15) is 12.1 Å². The zero-order chi connectivity index (χ0) is 23.9. The van der Waals surface area contributed by atoms with E-state index in [0.29, 0.717) is 12.0 Å². The van der Waals surface area contributed by atoms with Crippen LogP contribution in [0.1, 0.15) is 32.3 Å². The maximum atomic E-state index is 13.5. The highest BCUT2D eigenvalue weighted by Gasteiger charge is 2.26. The van der Waals surface area contributed by atoms with Crippen molar-refractivity contribution in [2.24, 2.45) is 5.92 Å². The molecule has 1 N–H and O–H groups in total. The quantitative estimate of drug-likeness (QED) is 0.374. The lowest BCUT2D eigenvalue weighted by Crippen LogP contribution is -2.32. The third-order valence-electron chi connectivity index (χ3n) is 7.50. The fraction of sp³-hybridized carbons (Fsp3) is 0.357. The highest BCUT2D eigenvalue weighted by molar-refractivity contribution is 5.71. The van der Waals surface area contributed by atoms with Gasteiger partial charge in [0.25, 0.3) is 0 Å². The van der Waals surface area contributed by atoms with Gasteiger partial charge in [-0.2, -0.15) is 5.10 Å². The van der Waals surface area contributed by atoms with Crippen LogP contribution in [0.15, 0.2) is 61.1 Å². The standard InChI is InChI=1S/C28H31FN6/c1-3-19(2)30-14-20-10-11-33(15-20)25-8-9-26-23(12-25)17-34-16-22(21-4-6-24(29)7-5-21)13-27(34)28-31-18-32-35(26)28/h4-9,12-13,16,18-20,30H,3,10-11,14-15,17H2,1-2H3/t19-,20-/m1/s1. The second kappa shape index (κ2) is 8.96. The summed E-state index contributed by atoms with van der Waals surface area (Å²) in [7, 11) is 0. The van der Waals surface area contributed by atoms with Crippen LogP contribution in [0.3, 0.4) is 0 Å². The number of hydrogen-bond acceptors (Lipinski definition) is 4. The highest BCUT2D eigenvalue weighted by atomic mass is 19.1. The molecule has 6 rings (SSSR count). The molecule has 2 aromatic carbocycles. The Bertz CT molecular complexity index is 1340. The molecule has 0 saturated carbocycles. The minimum Gasteiger partial charge on any atom is -0.371 e. The molecular formula is C28H31FN6. The van der Waals surface area contributed by atoms with E-state index in [1.54, 1.807) is 6.33 Å². The number of nitrogens with zero attached hydrogens (tertiary/aromatic N) is 5. The predicted octanol–water partition coefficient (Wildman–Crippen LogP) is 5.12. The number of fused-ring (bicyclic) bond motifs is 5. The molecule has 0 spiro atoms. The fourth-order valence-electron chi connectivity index (χ4n) is 5.25. The fourth-order valence-corrected chi connectivity index (χ4v) is 5.25. The van der Waals surface area contributed by atoms with Crippen LogP contribution < -0.4 is 10.2 Å². The Morgan fingerprint density at radius 1 is 1.11 bits per heavy atom. The van der Waals surface area contributed by atoms with E-state index in [2.05, 4.69) is 69.2 Å². The number of aromatic nitrogens is 4. The van der Waals surface area contributed by atoms with Crippen LogP contribution in [-0.2, 0) is 6.54 Å². The Kier molecular flexibility index (Phi) is 5.65. The lowest BCUT2D eigenvalue weighted by molar-refractivity contribution is 0.456. The minimum atomic E-state index is -0.226. The van der Waals surface area contributed by atoms with Crippen molar-refractivity contribution in [3.8, 4) is 28.3 Å². The van der Waals surface area contributed by atoms with E-state index in [-0.39, 0.29) is 5.82 Å². The summed E-state index contributed by atoms with van der Waals surface area (Å²) in [5.41, 5.74) is 6.60. The zero-order valence-corrected chi connectivity index (χ0v) is 20.3. The van der Waals surface area contributed by atoms with Crippen LogP contribution >= 0.6 is 0 Å². The molecule has 2 aliphatic heterocycles. The summed E-state index contributed by atoms with van der Waals surface area (Å²) in [5.74, 6) is 1.27. The molecule has 4 heterocycles. The van der Waals surface area contributed by atoms with E-state index in [1.807, 2.05) is 16.8 Å². The van der Waals surface area contributed by atoms with Crippen molar-refractivity contribution in [1.29, 1.82) is 0 Å². The largest absolute Gasteiger partial charge is 0.371 e. The second-order valence-corrected chi connectivity index (χ2v) is 9.88. The molecule has 2 aliphatic rings. The van der Waals surface area contributed by atoms with Crippen LogP contribution in [0.5, 0.6) is 0 Å². The third kappa shape index (κ3) is 4.14. The average molecular weight is 471 g/mol. The van der Waals surface area contributed by atoms with E-state index >= 15 is 0 Å². The first-order chi connectivity index (χ1) is 17.1. The Balaban J connectivity index is 1.30. The first-order valence-corrected chi connectivity index (χ1v) is 12.6. The highest BCUT2D eigenvalue weighted by Crippen LogP contribution is 2.35. The summed E-state index contributed by atoms with van der Waals surface area (Å²) >= 11 is 0. The third-order valence-corrected chi connectivity index (χ3v) is 7.50. The molecule has 0 amide bonds. The molecule has 6 nitrogen and oxygen atoms in total. The lowest BCUT2D eigenvalue weighted by Gasteiger charge is -2.21. The van der Waals surface area contributed by atoms with Crippen LogP contribution in [0.4, 0.5) is 10.1 Å². The topological polar surface area (TPSA) is 50.9 Å². The monoisotopic (exact) mass is 470 g/mol. The van der Waals surface area contributed by atoms with Gasteiger partial charge < -0.3 is 14.8 Å². The number of nitrogens with one attached hydrogen (secondary N) is 1. The van der Waals surface area contributed by atoms with Gasteiger partial charge in [-0.1, -0.05) is 19.1 Å². The molecule has 0 bridgehead atoms. The van der Waals surface area contributed by atoms with Gasteiger partial charge in [-0.25, -0.2) is 14.1 Å². The van der Waals surface area contributed by atoms with E-state index in [1.165, 1.54) is 29.8 Å².